The number of amides is 2. The van der Waals surface area contributed by atoms with Gasteiger partial charge in [-0.2, -0.15) is 0 Å². The van der Waals surface area contributed by atoms with E-state index >= 15 is 0 Å². The number of benzene rings is 1. The maximum absolute atomic E-state index is 12.5. The third-order valence-electron chi connectivity index (χ3n) is 5.02. The molecular formula is C18H22N2O4. The van der Waals surface area contributed by atoms with Gasteiger partial charge in [-0.15, -0.1) is 0 Å². The summed E-state index contributed by atoms with van der Waals surface area (Å²) in [5.41, 5.74) is -0.215. The first-order valence-corrected chi connectivity index (χ1v) is 8.27. The van der Waals surface area contributed by atoms with Crippen LogP contribution in [0.1, 0.15) is 31.7 Å². The Balaban J connectivity index is 1.62. The minimum atomic E-state index is -1.23. The summed E-state index contributed by atoms with van der Waals surface area (Å²) in [6, 6.07) is 9.61. The maximum Gasteiger partial charge on any atom is 0.329 e. The molecule has 0 aromatic heterocycles. The highest BCUT2D eigenvalue weighted by atomic mass is 16.4. The van der Waals surface area contributed by atoms with Crippen molar-refractivity contribution in [2.24, 2.45) is 11.8 Å². The fourth-order valence-electron chi connectivity index (χ4n) is 3.25. The Labute approximate surface area is 140 Å². The van der Waals surface area contributed by atoms with E-state index in [-0.39, 0.29) is 24.2 Å². The van der Waals surface area contributed by atoms with Gasteiger partial charge in [-0.1, -0.05) is 30.3 Å². The highest BCUT2D eigenvalue weighted by Gasteiger charge is 2.49. The van der Waals surface area contributed by atoms with E-state index < -0.39 is 17.4 Å². The molecule has 0 spiro atoms. The summed E-state index contributed by atoms with van der Waals surface area (Å²) >= 11 is 0. The van der Waals surface area contributed by atoms with Crippen molar-refractivity contribution in [1.82, 2.24) is 10.2 Å². The monoisotopic (exact) mass is 330 g/mol. The van der Waals surface area contributed by atoms with Gasteiger partial charge in [0.25, 0.3) is 0 Å². The molecule has 1 heterocycles. The Bertz CT molecular complexity index is 656. The molecule has 1 aromatic rings. The van der Waals surface area contributed by atoms with Crippen molar-refractivity contribution >= 4 is 17.8 Å². The van der Waals surface area contributed by atoms with Crippen LogP contribution in [0.4, 0.5) is 0 Å². The summed E-state index contributed by atoms with van der Waals surface area (Å²) < 4.78 is 0. The second-order valence-electron chi connectivity index (χ2n) is 6.93. The van der Waals surface area contributed by atoms with Crippen LogP contribution in [0.5, 0.6) is 0 Å². The van der Waals surface area contributed by atoms with Gasteiger partial charge in [0.05, 0.1) is 5.92 Å². The van der Waals surface area contributed by atoms with Crippen molar-refractivity contribution in [2.75, 3.05) is 6.54 Å². The molecule has 0 radical (unpaired) electrons. The number of nitrogens with one attached hydrogen (secondary N) is 1. The van der Waals surface area contributed by atoms with Crippen LogP contribution in [0, 0.1) is 11.8 Å². The molecule has 0 bridgehead atoms. The van der Waals surface area contributed by atoms with Gasteiger partial charge in [-0.3, -0.25) is 9.59 Å². The molecule has 1 aromatic carbocycles. The first kappa shape index (κ1) is 16.5. The quantitative estimate of drug-likeness (QED) is 0.825. The van der Waals surface area contributed by atoms with Gasteiger partial charge in [0, 0.05) is 19.5 Å². The van der Waals surface area contributed by atoms with Gasteiger partial charge in [0.1, 0.15) is 5.54 Å². The smallest absolute Gasteiger partial charge is 0.329 e. The zero-order valence-corrected chi connectivity index (χ0v) is 13.7. The summed E-state index contributed by atoms with van der Waals surface area (Å²) in [6.07, 6.45) is 1.76. The number of carboxylic acid groups (broad SMARTS) is 1. The topological polar surface area (TPSA) is 86.7 Å². The predicted octanol–water partition coefficient (Wildman–Crippen LogP) is 1.40. The average molecular weight is 330 g/mol. The third-order valence-corrected chi connectivity index (χ3v) is 5.02. The minimum absolute atomic E-state index is 0.0172. The maximum atomic E-state index is 12.5. The first-order valence-electron chi connectivity index (χ1n) is 8.27. The molecule has 2 atom stereocenters. The van der Waals surface area contributed by atoms with Crippen LogP contribution in [0.25, 0.3) is 0 Å². The molecule has 2 N–H and O–H groups in total. The zero-order valence-electron chi connectivity index (χ0n) is 13.7. The molecule has 2 amide bonds. The third kappa shape index (κ3) is 3.27. The van der Waals surface area contributed by atoms with Crippen LogP contribution in [0.15, 0.2) is 30.3 Å². The number of likely N-dealkylation sites (tertiary alicyclic amines) is 1. The summed E-state index contributed by atoms with van der Waals surface area (Å²) in [4.78, 5) is 37.8. The average Bonchev–Trinajstić information content (AvgIpc) is 3.34. The lowest BCUT2D eigenvalue weighted by Crippen LogP contribution is -2.55. The number of carbonyl (C=O) groups is 3. The van der Waals surface area contributed by atoms with Gasteiger partial charge in [-0.25, -0.2) is 4.79 Å². The number of hydrogen-bond donors (Lipinski definition) is 2. The van der Waals surface area contributed by atoms with Crippen LogP contribution in [-0.4, -0.2) is 39.9 Å². The highest BCUT2D eigenvalue weighted by Crippen LogP contribution is 2.40. The molecule has 128 valence electrons. The number of aliphatic carboxylic acids is 1. The normalized spacial score (nSPS) is 23.0. The first-order chi connectivity index (χ1) is 11.4. The Morgan fingerprint density at radius 2 is 1.96 bits per heavy atom. The molecule has 6 nitrogen and oxygen atoms in total. The van der Waals surface area contributed by atoms with E-state index in [9.17, 15) is 19.5 Å². The summed E-state index contributed by atoms with van der Waals surface area (Å²) in [5.74, 6) is -1.92. The Morgan fingerprint density at radius 3 is 2.54 bits per heavy atom. The van der Waals surface area contributed by atoms with Gasteiger partial charge >= 0.3 is 5.97 Å². The number of carbonyl (C=O) groups excluding carboxylic acids is 2. The largest absolute Gasteiger partial charge is 0.480 e. The highest BCUT2D eigenvalue weighted by molar-refractivity contribution is 5.92. The van der Waals surface area contributed by atoms with E-state index in [1.807, 2.05) is 30.3 Å². The zero-order chi connectivity index (χ0) is 17.3. The lowest BCUT2D eigenvalue weighted by atomic mass is 9.94. The van der Waals surface area contributed by atoms with Crippen molar-refractivity contribution in [3.8, 4) is 0 Å². The molecule has 1 saturated carbocycles. The Hall–Kier alpha value is -2.37. The molecule has 2 aliphatic rings. The van der Waals surface area contributed by atoms with Gasteiger partial charge in [0.15, 0.2) is 0 Å². The van der Waals surface area contributed by atoms with E-state index in [2.05, 4.69) is 5.32 Å². The Kier molecular flexibility index (Phi) is 4.30. The van der Waals surface area contributed by atoms with E-state index in [0.29, 0.717) is 13.1 Å². The van der Waals surface area contributed by atoms with Crippen molar-refractivity contribution in [1.29, 1.82) is 0 Å². The molecule has 2 fully saturated rings. The molecule has 1 aliphatic heterocycles. The molecule has 1 aliphatic carbocycles. The SMILES string of the molecule is C[C@@](NC(=O)[C@H]1CC(=O)N(Cc2ccccc2)C1)(C(=O)O)C1CC1. The van der Waals surface area contributed by atoms with Crippen LogP contribution in [0.2, 0.25) is 0 Å². The van der Waals surface area contributed by atoms with Gasteiger partial charge in [0.2, 0.25) is 11.8 Å². The van der Waals surface area contributed by atoms with Crippen LogP contribution >= 0.6 is 0 Å². The van der Waals surface area contributed by atoms with Crippen LogP contribution in [-0.2, 0) is 20.9 Å². The van der Waals surface area contributed by atoms with E-state index in [1.54, 1.807) is 11.8 Å². The lowest BCUT2D eigenvalue weighted by molar-refractivity contribution is -0.148. The van der Waals surface area contributed by atoms with E-state index in [0.717, 1.165) is 18.4 Å². The number of nitrogens with zero attached hydrogens (tertiary/aromatic N) is 1. The number of carboxylic acids is 1. The minimum Gasteiger partial charge on any atom is -0.480 e. The second-order valence-corrected chi connectivity index (χ2v) is 6.93. The fourth-order valence-corrected chi connectivity index (χ4v) is 3.25. The Morgan fingerprint density at radius 1 is 1.29 bits per heavy atom. The molecule has 3 rings (SSSR count). The standard InChI is InChI=1S/C18H22N2O4/c1-18(17(23)24,14-7-8-14)19-16(22)13-9-15(21)20(11-13)10-12-5-3-2-4-6-12/h2-6,13-14H,7-11H2,1H3,(H,19,22)(H,23,24)/t13-,18-/m0/s1. The van der Waals surface area contributed by atoms with Crippen molar-refractivity contribution < 1.29 is 19.5 Å². The van der Waals surface area contributed by atoms with Crippen molar-refractivity contribution in [3.05, 3.63) is 35.9 Å². The summed E-state index contributed by atoms with van der Waals surface area (Å²) in [7, 11) is 0. The van der Waals surface area contributed by atoms with Gasteiger partial charge in [-0.05, 0) is 31.2 Å². The van der Waals surface area contributed by atoms with Crippen LogP contribution < -0.4 is 5.32 Å². The molecule has 6 heteroatoms. The molecular weight excluding hydrogens is 308 g/mol. The van der Waals surface area contributed by atoms with Gasteiger partial charge < -0.3 is 15.3 Å². The van der Waals surface area contributed by atoms with Crippen molar-refractivity contribution in [3.63, 3.8) is 0 Å². The van der Waals surface area contributed by atoms with Crippen LogP contribution in [0.3, 0.4) is 0 Å². The fraction of sp³-hybridized carbons (Fsp3) is 0.500. The molecule has 1 saturated heterocycles. The summed E-state index contributed by atoms with van der Waals surface area (Å²) in [5, 5.41) is 12.1. The van der Waals surface area contributed by atoms with E-state index in [4.69, 9.17) is 0 Å². The lowest BCUT2D eigenvalue weighted by Gasteiger charge is -2.27. The second kappa shape index (κ2) is 6.26. The van der Waals surface area contributed by atoms with Crippen molar-refractivity contribution in [2.45, 2.75) is 38.3 Å². The number of rotatable bonds is 6. The van der Waals surface area contributed by atoms with E-state index in [1.165, 1.54) is 0 Å². The summed E-state index contributed by atoms with van der Waals surface area (Å²) in [6.45, 7) is 2.37. The number of hydrogen-bond acceptors (Lipinski definition) is 3. The predicted molar refractivity (Wildman–Crippen MR) is 86.9 cm³/mol. The molecule has 24 heavy (non-hydrogen) atoms. The molecule has 0 unspecified atom stereocenters.